The monoisotopic (exact) mass is 648 g/mol. The minimum Gasteiger partial charge on any atom is -0.381 e. The third kappa shape index (κ3) is 10.7. The van der Waals surface area contributed by atoms with E-state index in [1.165, 1.54) is 0 Å². The normalized spacial score (nSPS) is 19.1. The first-order valence-electron chi connectivity index (χ1n) is 14.8. The molecule has 244 valence electrons. The molecule has 0 amide bonds. The maximum absolute atomic E-state index is 13.0. The smallest absolute Gasteiger partial charge is 0.381 e. The minimum absolute atomic E-state index is 0.186. The molecule has 3 aromatic carbocycles. The second kappa shape index (κ2) is 16.4. The van der Waals surface area contributed by atoms with Crippen molar-refractivity contribution in [2.45, 2.75) is 75.9 Å². The predicted molar refractivity (Wildman–Crippen MR) is 163 cm³/mol. The van der Waals surface area contributed by atoms with E-state index in [1.807, 2.05) is 91.0 Å². The zero-order valence-electron chi connectivity index (χ0n) is 25.1. The molecule has 11 heteroatoms. The van der Waals surface area contributed by atoms with Gasteiger partial charge in [-0.25, -0.2) is 0 Å². The van der Waals surface area contributed by atoms with Gasteiger partial charge in [0.05, 0.1) is 44.7 Å². The number of halogens is 3. The summed E-state index contributed by atoms with van der Waals surface area (Å²) < 4.78 is 91.8. The summed E-state index contributed by atoms with van der Waals surface area (Å²) in [7, 11) is -5.85. The Morgan fingerprint density at radius 1 is 0.844 bits per heavy atom. The quantitative estimate of drug-likeness (QED) is 0.0862. The summed E-state index contributed by atoms with van der Waals surface area (Å²) in [5.41, 5.74) is -2.72. The molecule has 0 N–H and O–H groups in total. The molecule has 1 aliphatic rings. The van der Waals surface area contributed by atoms with Gasteiger partial charge in [-0.15, -0.1) is 0 Å². The van der Waals surface area contributed by atoms with Gasteiger partial charge in [0, 0.05) is 6.42 Å². The van der Waals surface area contributed by atoms with Gasteiger partial charge in [0.2, 0.25) is 0 Å². The molecule has 1 fully saturated rings. The fourth-order valence-electron chi connectivity index (χ4n) is 5.22. The molecule has 0 unspecified atom stereocenters. The van der Waals surface area contributed by atoms with Gasteiger partial charge in [-0.05, 0) is 35.4 Å². The standard InChI is InChI=1S/C34H39F3O7S/c1-25(20-26(2)44-45(38,39)34(35,36)37)32(41-22-28-14-8-4-9-15-28)33(42-23-29-16-10-5-11-17-29)31-19-18-30(43-31)24-40-21-27-12-6-3-7-13-27/h3-17,25,30-33H,2,18-24H2,1H3/t25-,30-,31+,32-,33-/m1/s1. The highest BCUT2D eigenvalue weighted by molar-refractivity contribution is 7.87. The van der Waals surface area contributed by atoms with Crippen molar-refractivity contribution in [1.82, 2.24) is 0 Å². The van der Waals surface area contributed by atoms with Gasteiger partial charge < -0.3 is 23.1 Å². The Morgan fingerprint density at radius 3 is 1.89 bits per heavy atom. The Morgan fingerprint density at radius 2 is 1.36 bits per heavy atom. The first-order chi connectivity index (χ1) is 21.5. The zero-order chi connectivity index (χ0) is 32.3. The number of alkyl halides is 3. The second-order valence-electron chi connectivity index (χ2n) is 11.1. The van der Waals surface area contributed by atoms with Crippen LogP contribution in [-0.4, -0.2) is 44.9 Å². The molecule has 0 radical (unpaired) electrons. The number of allylic oxidation sites excluding steroid dienone is 1. The van der Waals surface area contributed by atoms with E-state index >= 15 is 0 Å². The van der Waals surface area contributed by atoms with Crippen molar-refractivity contribution < 1.29 is 44.7 Å². The lowest BCUT2D eigenvalue weighted by Gasteiger charge is -2.35. The largest absolute Gasteiger partial charge is 0.534 e. The highest BCUT2D eigenvalue weighted by atomic mass is 32.2. The Labute approximate surface area is 263 Å². The Hall–Kier alpha value is -3.22. The van der Waals surface area contributed by atoms with Crippen molar-refractivity contribution in [2.24, 2.45) is 5.92 Å². The maximum atomic E-state index is 13.0. The zero-order valence-corrected chi connectivity index (χ0v) is 25.9. The van der Waals surface area contributed by atoms with Gasteiger partial charge in [-0.2, -0.15) is 21.6 Å². The van der Waals surface area contributed by atoms with Gasteiger partial charge in [0.15, 0.2) is 0 Å². The minimum atomic E-state index is -5.85. The molecule has 5 atom stereocenters. The van der Waals surface area contributed by atoms with Crippen LogP contribution in [0.2, 0.25) is 0 Å². The summed E-state index contributed by atoms with van der Waals surface area (Å²) >= 11 is 0. The van der Waals surface area contributed by atoms with Crippen molar-refractivity contribution in [2.75, 3.05) is 6.61 Å². The van der Waals surface area contributed by atoms with E-state index < -0.39 is 45.6 Å². The molecular formula is C34H39F3O7S. The lowest BCUT2D eigenvalue weighted by Crippen LogP contribution is -2.45. The molecule has 0 aromatic heterocycles. The predicted octanol–water partition coefficient (Wildman–Crippen LogP) is 7.33. The Balaban J connectivity index is 1.51. The SMILES string of the molecule is C=C(C[C@@H](C)[C@@H](OCc1ccccc1)[C@H](OCc1ccccc1)[C@@H]1CC[C@H](COCc2ccccc2)O1)OS(=O)(=O)C(F)(F)F. The molecule has 45 heavy (non-hydrogen) atoms. The molecule has 4 rings (SSSR count). The fourth-order valence-corrected chi connectivity index (χ4v) is 5.69. The van der Waals surface area contributed by atoms with E-state index in [-0.39, 0.29) is 25.7 Å². The molecular weight excluding hydrogens is 609 g/mol. The first-order valence-corrected chi connectivity index (χ1v) is 16.2. The van der Waals surface area contributed by atoms with Crippen LogP contribution >= 0.6 is 0 Å². The highest BCUT2D eigenvalue weighted by Crippen LogP contribution is 2.34. The highest BCUT2D eigenvalue weighted by Gasteiger charge is 2.49. The van der Waals surface area contributed by atoms with Crippen LogP contribution in [0.15, 0.2) is 103 Å². The number of ether oxygens (including phenoxy) is 4. The maximum Gasteiger partial charge on any atom is 0.534 e. The number of benzene rings is 3. The third-order valence-electron chi connectivity index (χ3n) is 7.44. The summed E-state index contributed by atoms with van der Waals surface area (Å²) in [5, 5.41) is 0. The van der Waals surface area contributed by atoms with Crippen molar-refractivity contribution in [3.63, 3.8) is 0 Å². The topological polar surface area (TPSA) is 80.3 Å². The van der Waals surface area contributed by atoms with E-state index in [1.54, 1.807) is 6.92 Å². The van der Waals surface area contributed by atoms with Crippen LogP contribution < -0.4 is 0 Å². The average Bonchev–Trinajstić information content (AvgIpc) is 3.48. The summed E-state index contributed by atoms with van der Waals surface area (Å²) in [5.74, 6) is -1.11. The van der Waals surface area contributed by atoms with Crippen LogP contribution in [0.25, 0.3) is 0 Å². The Bertz CT molecular complexity index is 1420. The molecule has 7 nitrogen and oxygen atoms in total. The van der Waals surface area contributed by atoms with E-state index in [4.69, 9.17) is 18.9 Å². The molecule has 0 spiro atoms. The summed E-state index contributed by atoms with van der Waals surface area (Å²) in [6, 6.07) is 28.8. The van der Waals surface area contributed by atoms with E-state index in [9.17, 15) is 21.6 Å². The van der Waals surface area contributed by atoms with Crippen LogP contribution in [0.1, 0.15) is 42.9 Å². The summed E-state index contributed by atoms with van der Waals surface area (Å²) in [6.07, 6.45) is -0.874. The molecule has 0 aliphatic carbocycles. The van der Waals surface area contributed by atoms with Gasteiger partial charge in [-0.1, -0.05) is 104 Å². The molecule has 3 aromatic rings. The second-order valence-corrected chi connectivity index (χ2v) is 12.6. The van der Waals surface area contributed by atoms with Crippen LogP contribution in [-0.2, 0) is 53.1 Å². The van der Waals surface area contributed by atoms with Crippen molar-refractivity contribution >= 4 is 10.1 Å². The summed E-state index contributed by atoms with van der Waals surface area (Å²) in [6.45, 7) is 6.45. The molecule has 1 aliphatic heterocycles. The Kier molecular flexibility index (Phi) is 12.6. The van der Waals surface area contributed by atoms with Crippen LogP contribution in [0, 0.1) is 5.92 Å². The first kappa shape index (κ1) is 34.6. The van der Waals surface area contributed by atoms with E-state index in [0.29, 0.717) is 26.1 Å². The van der Waals surface area contributed by atoms with E-state index in [0.717, 1.165) is 16.7 Å². The summed E-state index contributed by atoms with van der Waals surface area (Å²) in [4.78, 5) is 0. The van der Waals surface area contributed by atoms with Crippen molar-refractivity contribution in [1.29, 1.82) is 0 Å². The molecule has 0 saturated carbocycles. The average molecular weight is 649 g/mol. The van der Waals surface area contributed by atoms with Gasteiger partial charge >= 0.3 is 15.6 Å². The third-order valence-corrected chi connectivity index (χ3v) is 8.46. The van der Waals surface area contributed by atoms with E-state index in [2.05, 4.69) is 10.8 Å². The van der Waals surface area contributed by atoms with Crippen molar-refractivity contribution in [3.05, 3.63) is 120 Å². The lowest BCUT2D eigenvalue weighted by molar-refractivity contribution is -0.162. The van der Waals surface area contributed by atoms with Gasteiger partial charge in [0.25, 0.3) is 0 Å². The number of rotatable bonds is 17. The van der Waals surface area contributed by atoms with Crippen LogP contribution in [0.5, 0.6) is 0 Å². The van der Waals surface area contributed by atoms with Crippen LogP contribution in [0.3, 0.4) is 0 Å². The van der Waals surface area contributed by atoms with Crippen molar-refractivity contribution in [3.8, 4) is 0 Å². The molecule has 1 heterocycles. The van der Waals surface area contributed by atoms with Gasteiger partial charge in [-0.3, -0.25) is 0 Å². The van der Waals surface area contributed by atoms with Gasteiger partial charge in [0.1, 0.15) is 11.9 Å². The molecule has 0 bridgehead atoms. The number of hydrogen-bond donors (Lipinski definition) is 0. The van der Waals surface area contributed by atoms with Crippen LogP contribution in [0.4, 0.5) is 13.2 Å². The number of hydrogen-bond acceptors (Lipinski definition) is 7. The molecule has 1 saturated heterocycles. The fraction of sp³-hybridized carbons (Fsp3) is 0.412. The lowest BCUT2D eigenvalue weighted by atomic mass is 9.91.